The third-order valence-corrected chi connectivity index (χ3v) is 8.73. The number of carbonyl (C=O) groups excluding carboxylic acids is 1. The summed E-state index contributed by atoms with van der Waals surface area (Å²) in [5.41, 5.74) is 0.991. The minimum Gasteiger partial charge on any atom is -0.497 e. The van der Waals surface area contributed by atoms with E-state index in [1.807, 2.05) is 23.6 Å². The molecule has 0 radical (unpaired) electrons. The van der Waals surface area contributed by atoms with Crippen molar-refractivity contribution in [2.45, 2.75) is 58.4 Å². The quantitative estimate of drug-likeness (QED) is 0.318. The number of thiophene rings is 1. The van der Waals surface area contributed by atoms with Crippen LogP contribution in [0.2, 0.25) is 0 Å². The monoisotopic (exact) mass is 519 g/mol. The van der Waals surface area contributed by atoms with E-state index >= 15 is 0 Å². The molecule has 5 nitrogen and oxygen atoms in total. The number of fused-ring (bicyclic) bond motifs is 3. The zero-order chi connectivity index (χ0) is 24.9. The third-order valence-electron chi connectivity index (χ3n) is 7.76. The number of benzene rings is 1. The number of carboxylic acids is 1. The third kappa shape index (κ3) is 5.66. The smallest absolute Gasteiger partial charge is 0.303 e. The van der Waals surface area contributed by atoms with Crippen LogP contribution in [0.3, 0.4) is 0 Å². The van der Waals surface area contributed by atoms with Crippen LogP contribution >= 0.6 is 11.3 Å². The van der Waals surface area contributed by atoms with Crippen LogP contribution in [0.15, 0.2) is 35.7 Å². The summed E-state index contributed by atoms with van der Waals surface area (Å²) in [4.78, 5) is 24.0. The first-order valence-electron chi connectivity index (χ1n) is 11.7. The highest BCUT2D eigenvalue weighted by Gasteiger charge is 2.57. The molecule has 2 aromatic rings. The van der Waals surface area contributed by atoms with Crippen molar-refractivity contribution in [2.75, 3.05) is 7.11 Å². The molecule has 0 aliphatic heterocycles. The molecule has 4 atom stereocenters. The lowest BCUT2D eigenvalue weighted by Crippen LogP contribution is -2.63. The fourth-order valence-electron chi connectivity index (χ4n) is 5.67. The summed E-state index contributed by atoms with van der Waals surface area (Å²) in [6, 6.07) is 6.04. The maximum absolute atomic E-state index is 13.4. The van der Waals surface area contributed by atoms with Crippen molar-refractivity contribution in [3.05, 3.63) is 41.3 Å². The molecule has 0 saturated heterocycles. The molecule has 3 fully saturated rings. The van der Waals surface area contributed by atoms with E-state index in [1.54, 1.807) is 18.4 Å². The minimum absolute atomic E-state index is 0.00564. The number of amides is 1. The second-order valence-electron chi connectivity index (χ2n) is 9.86. The molecule has 1 heterocycles. The topological polar surface area (TPSA) is 75.6 Å². The second kappa shape index (κ2) is 11.7. The Morgan fingerprint density at radius 3 is 2.71 bits per heavy atom. The van der Waals surface area contributed by atoms with E-state index in [0.717, 1.165) is 46.6 Å². The highest BCUT2D eigenvalue weighted by Crippen LogP contribution is 2.61. The average Bonchev–Trinajstić information content (AvgIpc) is 3.26. The van der Waals surface area contributed by atoms with Gasteiger partial charge in [-0.1, -0.05) is 26.0 Å². The van der Waals surface area contributed by atoms with E-state index in [2.05, 4.69) is 53.7 Å². The number of methoxy groups -OCH3 is 1. The van der Waals surface area contributed by atoms with Crippen LogP contribution in [0.25, 0.3) is 10.1 Å². The summed E-state index contributed by atoms with van der Waals surface area (Å²) in [6.45, 7) is 4.68. The number of hydrogen-bond donors (Lipinski definition) is 2. The molecule has 8 heteroatoms. The molecule has 1 amide bonds. The van der Waals surface area contributed by atoms with Crippen LogP contribution in [0.5, 0.6) is 5.75 Å². The molecule has 184 valence electrons. The van der Waals surface area contributed by atoms with Gasteiger partial charge in [0.15, 0.2) is 0 Å². The Kier molecular flexibility index (Phi) is 9.18. The number of rotatable bonds is 9. The number of unbranched alkanes of at least 4 members (excludes halogenated alkanes) is 1. The molecule has 2 bridgehead atoms. The van der Waals surface area contributed by atoms with Crippen LogP contribution in [0.4, 0.5) is 0 Å². The SMILES string of the molecule is COc1ccc2scc(C(=O)N[C@H]3[C@@H](C/C=C\CCCC(=O)O)C[C@H]4C[C@@H]3C4(C)C)c2c1.S=S. The molecular formula is C26H33NO4S3. The average molecular weight is 520 g/mol. The van der Waals surface area contributed by atoms with Gasteiger partial charge in [0, 0.05) is 50.3 Å². The van der Waals surface area contributed by atoms with Gasteiger partial charge in [0.1, 0.15) is 5.75 Å². The number of carboxylic acid groups (broad SMARTS) is 1. The summed E-state index contributed by atoms with van der Waals surface area (Å²) in [7, 11) is 1.64. The van der Waals surface area contributed by atoms with E-state index in [1.165, 1.54) is 6.42 Å². The van der Waals surface area contributed by atoms with Gasteiger partial charge < -0.3 is 15.2 Å². The number of aliphatic carboxylic acids is 1. The molecular weight excluding hydrogens is 486 g/mol. The Labute approximate surface area is 215 Å². The van der Waals surface area contributed by atoms with Gasteiger partial charge in [-0.15, -0.1) is 11.3 Å². The number of carbonyl (C=O) groups is 2. The van der Waals surface area contributed by atoms with Crippen LogP contribution < -0.4 is 10.1 Å². The molecule has 3 aliphatic rings. The molecule has 34 heavy (non-hydrogen) atoms. The Morgan fingerprint density at radius 1 is 1.26 bits per heavy atom. The lowest BCUT2D eigenvalue weighted by molar-refractivity contribution is -0.137. The van der Waals surface area contributed by atoms with Gasteiger partial charge in [-0.25, -0.2) is 0 Å². The van der Waals surface area contributed by atoms with Crippen LogP contribution in [-0.4, -0.2) is 30.1 Å². The number of allylic oxidation sites excluding steroid dienone is 2. The maximum atomic E-state index is 13.4. The van der Waals surface area contributed by atoms with Crippen molar-refractivity contribution in [3.8, 4) is 5.75 Å². The number of ether oxygens (including phenoxy) is 1. The normalized spacial score (nSPS) is 24.7. The first-order valence-corrected chi connectivity index (χ1v) is 13.9. The highest BCUT2D eigenvalue weighted by molar-refractivity contribution is 8.07. The lowest BCUT2D eigenvalue weighted by Gasteiger charge is -2.62. The van der Waals surface area contributed by atoms with Crippen molar-refractivity contribution in [3.63, 3.8) is 0 Å². The van der Waals surface area contributed by atoms with Gasteiger partial charge in [-0.2, -0.15) is 0 Å². The molecule has 1 aromatic heterocycles. The van der Waals surface area contributed by atoms with Gasteiger partial charge >= 0.3 is 5.97 Å². The largest absolute Gasteiger partial charge is 0.497 e. The minimum atomic E-state index is -0.741. The second-order valence-corrected chi connectivity index (χ2v) is 10.8. The van der Waals surface area contributed by atoms with Crippen molar-refractivity contribution in [2.24, 2.45) is 23.2 Å². The highest BCUT2D eigenvalue weighted by atomic mass is 32.8. The van der Waals surface area contributed by atoms with Gasteiger partial charge in [0.25, 0.3) is 5.91 Å². The van der Waals surface area contributed by atoms with Crippen molar-refractivity contribution >= 4 is 55.7 Å². The van der Waals surface area contributed by atoms with E-state index in [0.29, 0.717) is 18.3 Å². The summed E-state index contributed by atoms with van der Waals surface area (Å²) >= 11 is 8.92. The Balaban J connectivity index is 0.00000158. The van der Waals surface area contributed by atoms with Gasteiger partial charge in [0.05, 0.1) is 12.7 Å². The Bertz CT molecular complexity index is 1050. The van der Waals surface area contributed by atoms with Crippen LogP contribution in [0.1, 0.15) is 62.7 Å². The van der Waals surface area contributed by atoms with E-state index in [4.69, 9.17) is 9.84 Å². The lowest BCUT2D eigenvalue weighted by atomic mass is 9.44. The summed E-state index contributed by atoms with van der Waals surface area (Å²) < 4.78 is 6.45. The van der Waals surface area contributed by atoms with E-state index in [-0.39, 0.29) is 23.8 Å². The van der Waals surface area contributed by atoms with Gasteiger partial charge in [0.2, 0.25) is 0 Å². The van der Waals surface area contributed by atoms with Crippen LogP contribution in [-0.2, 0) is 27.2 Å². The van der Waals surface area contributed by atoms with Crippen molar-refractivity contribution in [1.29, 1.82) is 0 Å². The standard InChI is InChI=1S/C26H33NO4S.S2/c1-26(2)17-12-16(8-6-4-5-7-9-23(28)29)24(21(26)13-17)27-25(30)20-15-32-22-11-10-18(31-3)14-19(20)22;1-2/h4,6,10-11,14-17,21,24H,5,7-9,12-13H2,1-3H3,(H,27,30)(H,28,29);/b6-4-;/t16-,17-,21-,24-;/m0./s1. The molecule has 0 spiro atoms. The molecule has 2 N–H and O–H groups in total. The summed E-state index contributed by atoms with van der Waals surface area (Å²) in [6.07, 6.45) is 9.21. The Hall–Kier alpha value is -1.90. The first kappa shape index (κ1) is 26.7. The van der Waals surface area contributed by atoms with Crippen molar-refractivity contribution < 1.29 is 19.4 Å². The predicted molar refractivity (Wildman–Crippen MR) is 143 cm³/mol. The first-order chi connectivity index (χ1) is 16.3. The van der Waals surface area contributed by atoms with E-state index < -0.39 is 5.97 Å². The molecule has 5 rings (SSSR count). The molecule has 3 saturated carbocycles. The maximum Gasteiger partial charge on any atom is 0.303 e. The zero-order valence-corrected chi connectivity index (χ0v) is 22.4. The Morgan fingerprint density at radius 2 is 2.03 bits per heavy atom. The molecule has 0 unspecified atom stereocenters. The fourth-order valence-corrected chi connectivity index (χ4v) is 6.59. The number of nitrogens with one attached hydrogen (secondary N) is 1. The van der Waals surface area contributed by atoms with E-state index in [9.17, 15) is 9.59 Å². The summed E-state index contributed by atoms with van der Waals surface area (Å²) in [5.74, 6) is 1.66. The van der Waals surface area contributed by atoms with Crippen molar-refractivity contribution in [1.82, 2.24) is 5.32 Å². The predicted octanol–water partition coefficient (Wildman–Crippen LogP) is 5.89. The molecule has 1 aromatic carbocycles. The summed E-state index contributed by atoms with van der Waals surface area (Å²) in [5, 5.41) is 15.1. The van der Waals surface area contributed by atoms with Gasteiger partial charge in [-0.3, -0.25) is 9.59 Å². The fraction of sp³-hybridized carbons (Fsp3) is 0.538. The zero-order valence-electron chi connectivity index (χ0n) is 19.9. The van der Waals surface area contributed by atoms with Crippen LogP contribution in [0, 0.1) is 23.2 Å². The molecule has 3 aliphatic carbocycles. The number of hydrogen-bond acceptors (Lipinski definition) is 6. The van der Waals surface area contributed by atoms with Gasteiger partial charge in [-0.05, 0) is 73.5 Å².